The van der Waals surface area contributed by atoms with Crippen LogP contribution in [0.2, 0.25) is 5.15 Å². The Kier molecular flexibility index (Phi) is 6.12. The van der Waals surface area contributed by atoms with Gasteiger partial charge in [-0.15, -0.1) is 12.6 Å². The van der Waals surface area contributed by atoms with Gasteiger partial charge >= 0.3 is 0 Å². The molecule has 32 heavy (non-hydrogen) atoms. The van der Waals surface area contributed by atoms with Crippen molar-refractivity contribution in [1.29, 1.82) is 5.26 Å². The van der Waals surface area contributed by atoms with Crippen molar-refractivity contribution in [3.05, 3.63) is 93.1 Å². The zero-order chi connectivity index (χ0) is 22.7. The largest absolute Gasteiger partial charge is 0.354 e. The predicted molar refractivity (Wildman–Crippen MR) is 131 cm³/mol. The maximum atomic E-state index is 12.6. The van der Waals surface area contributed by atoms with Crippen LogP contribution < -0.4 is 16.2 Å². The van der Waals surface area contributed by atoms with Gasteiger partial charge in [-0.1, -0.05) is 17.7 Å². The number of nitrogens with zero attached hydrogens (tertiary/aromatic N) is 4. The van der Waals surface area contributed by atoms with Crippen molar-refractivity contribution >= 4 is 57.9 Å². The third-order valence-corrected chi connectivity index (χ3v) is 5.43. The summed E-state index contributed by atoms with van der Waals surface area (Å²) < 4.78 is 1.57. The van der Waals surface area contributed by atoms with Gasteiger partial charge in [-0.2, -0.15) is 5.26 Å². The van der Waals surface area contributed by atoms with Crippen LogP contribution in [0.25, 0.3) is 16.6 Å². The first-order valence-electron chi connectivity index (χ1n) is 9.50. The lowest BCUT2D eigenvalue weighted by molar-refractivity contribution is 0.907. The minimum Gasteiger partial charge on any atom is -0.354 e. The molecule has 0 fully saturated rings. The number of nitriles is 1. The Labute approximate surface area is 194 Å². The fourth-order valence-electron chi connectivity index (χ4n) is 3.27. The number of hydrogen-bond donors (Lipinski definition) is 3. The molecule has 0 aliphatic rings. The number of anilines is 3. The first kappa shape index (κ1) is 21.4. The summed E-state index contributed by atoms with van der Waals surface area (Å²) in [5.74, 6) is 0. The zero-order valence-electron chi connectivity index (χ0n) is 16.9. The lowest BCUT2D eigenvalue weighted by atomic mass is 10.1. The summed E-state index contributed by atoms with van der Waals surface area (Å²) in [6, 6.07) is 16.4. The second-order valence-corrected chi connectivity index (χ2v) is 7.45. The topological polar surface area (TPSA) is 95.6 Å². The van der Waals surface area contributed by atoms with Crippen LogP contribution in [-0.2, 0) is 7.05 Å². The van der Waals surface area contributed by atoms with Gasteiger partial charge in [0, 0.05) is 36.6 Å². The van der Waals surface area contributed by atoms with E-state index in [0.717, 1.165) is 10.9 Å². The molecule has 1 aromatic carbocycles. The second-order valence-electron chi connectivity index (χ2n) is 6.83. The number of thiol groups is 1. The van der Waals surface area contributed by atoms with Gasteiger partial charge in [-0.05, 0) is 41.8 Å². The van der Waals surface area contributed by atoms with E-state index in [1.54, 1.807) is 29.3 Å². The van der Waals surface area contributed by atoms with Crippen molar-refractivity contribution < 1.29 is 0 Å². The number of fused-ring (bicyclic) bond motifs is 1. The number of aromatic nitrogens is 3. The van der Waals surface area contributed by atoms with E-state index in [4.69, 9.17) is 11.6 Å². The van der Waals surface area contributed by atoms with Crippen molar-refractivity contribution in [3.8, 4) is 6.07 Å². The van der Waals surface area contributed by atoms with Gasteiger partial charge in [0.25, 0.3) is 5.56 Å². The molecule has 7 nitrogen and oxygen atoms in total. The molecule has 4 rings (SSSR count). The number of rotatable bonds is 5. The molecular formula is C23H17ClN6OS. The zero-order valence-corrected chi connectivity index (χ0v) is 18.5. The summed E-state index contributed by atoms with van der Waals surface area (Å²) in [6.07, 6.45) is 3.21. The Bertz CT molecular complexity index is 1440. The summed E-state index contributed by atoms with van der Waals surface area (Å²) >= 11 is 10.4. The third-order valence-electron chi connectivity index (χ3n) is 4.88. The van der Waals surface area contributed by atoms with E-state index < -0.39 is 0 Å². The van der Waals surface area contributed by atoms with Gasteiger partial charge in [-0.25, -0.2) is 4.98 Å². The van der Waals surface area contributed by atoms with Crippen LogP contribution in [0.5, 0.6) is 0 Å². The van der Waals surface area contributed by atoms with Crippen molar-refractivity contribution in [2.75, 3.05) is 10.6 Å². The number of benzene rings is 1. The molecule has 0 spiro atoms. The first-order chi connectivity index (χ1) is 15.5. The van der Waals surface area contributed by atoms with Gasteiger partial charge in [-0.3, -0.25) is 9.78 Å². The van der Waals surface area contributed by atoms with E-state index >= 15 is 0 Å². The Morgan fingerprint density at radius 3 is 2.72 bits per heavy atom. The average molecular weight is 461 g/mol. The molecule has 3 heterocycles. The molecule has 0 saturated heterocycles. The van der Waals surface area contributed by atoms with E-state index in [0.29, 0.717) is 28.5 Å². The maximum absolute atomic E-state index is 12.6. The summed E-state index contributed by atoms with van der Waals surface area (Å²) in [7, 11) is 1.71. The second kappa shape index (κ2) is 9.14. The number of pyridine rings is 3. The van der Waals surface area contributed by atoms with Crippen LogP contribution in [0, 0.1) is 11.3 Å². The van der Waals surface area contributed by atoms with Crippen LogP contribution in [0.3, 0.4) is 0 Å². The summed E-state index contributed by atoms with van der Waals surface area (Å²) in [4.78, 5) is 20.8. The van der Waals surface area contributed by atoms with Crippen LogP contribution in [0.1, 0.15) is 11.3 Å². The molecule has 9 heteroatoms. The van der Waals surface area contributed by atoms with E-state index in [2.05, 4.69) is 39.3 Å². The number of aryl methyl sites for hydroxylation is 1. The van der Waals surface area contributed by atoms with Gasteiger partial charge in [0.15, 0.2) is 0 Å². The molecule has 2 N–H and O–H groups in total. The smallest absolute Gasteiger partial charge is 0.252 e. The first-order valence-corrected chi connectivity index (χ1v) is 10.4. The summed E-state index contributed by atoms with van der Waals surface area (Å²) in [5, 5.41) is 18.4. The fourth-order valence-corrected chi connectivity index (χ4v) is 3.67. The maximum Gasteiger partial charge on any atom is 0.252 e. The summed E-state index contributed by atoms with van der Waals surface area (Å²) in [6.45, 7) is 0. The molecule has 0 unspecified atom stereocenters. The Morgan fingerprint density at radius 1 is 1.16 bits per heavy atom. The van der Waals surface area contributed by atoms with E-state index in [1.165, 1.54) is 12.3 Å². The minimum atomic E-state index is -0.159. The Hall–Kier alpha value is -3.80. The van der Waals surface area contributed by atoms with Crippen LogP contribution in [0.15, 0.2) is 71.1 Å². The highest BCUT2D eigenvalue weighted by molar-refractivity contribution is 7.83. The molecule has 158 valence electrons. The van der Waals surface area contributed by atoms with Crippen molar-refractivity contribution in [3.63, 3.8) is 0 Å². The number of halogens is 1. The minimum absolute atomic E-state index is 0.127. The number of nitrogens with one attached hydrogen (secondary N) is 2. The SMILES string of the molecule is Cn1c(=O)cc(NC(=CS)c2ccccn2)c2cc(Nc3ccnc(Cl)c3C#N)ccc21. The standard InChI is InChI=1S/C23H17ClN6OS/c1-30-21-6-5-14(28-17-7-9-27-23(24)16(17)12-25)10-15(21)19(11-22(30)31)29-20(13-32)18-4-2-3-8-26-18/h2-11,13,29,32H,1H3,(H,27,28). The predicted octanol–water partition coefficient (Wildman–Crippen LogP) is 4.94. The van der Waals surface area contributed by atoms with Crippen LogP contribution in [0.4, 0.5) is 17.1 Å². The highest BCUT2D eigenvalue weighted by Crippen LogP contribution is 2.30. The monoisotopic (exact) mass is 460 g/mol. The molecular weight excluding hydrogens is 444 g/mol. The highest BCUT2D eigenvalue weighted by Gasteiger charge is 2.12. The van der Waals surface area contributed by atoms with E-state index in [-0.39, 0.29) is 16.3 Å². The molecule has 4 aromatic rings. The van der Waals surface area contributed by atoms with Crippen molar-refractivity contribution in [2.45, 2.75) is 0 Å². The lowest BCUT2D eigenvalue weighted by Crippen LogP contribution is -2.17. The molecule has 3 aromatic heterocycles. The van der Waals surface area contributed by atoms with E-state index in [9.17, 15) is 10.1 Å². The molecule has 0 amide bonds. The highest BCUT2D eigenvalue weighted by atomic mass is 35.5. The van der Waals surface area contributed by atoms with E-state index in [1.807, 2.05) is 36.4 Å². The molecule has 0 aliphatic heterocycles. The van der Waals surface area contributed by atoms with Crippen LogP contribution in [-0.4, -0.2) is 14.5 Å². The molecule has 0 radical (unpaired) electrons. The third kappa shape index (κ3) is 4.17. The normalized spacial score (nSPS) is 11.2. The lowest BCUT2D eigenvalue weighted by Gasteiger charge is -2.16. The van der Waals surface area contributed by atoms with Crippen LogP contribution >= 0.6 is 24.2 Å². The number of hydrogen-bond acceptors (Lipinski definition) is 7. The summed E-state index contributed by atoms with van der Waals surface area (Å²) in [5.41, 5.74) is 4.02. The Balaban J connectivity index is 1.80. The molecule has 0 bridgehead atoms. The van der Waals surface area contributed by atoms with Gasteiger partial charge < -0.3 is 15.2 Å². The van der Waals surface area contributed by atoms with Gasteiger partial charge in [0.1, 0.15) is 16.8 Å². The van der Waals surface area contributed by atoms with Gasteiger partial charge in [0.05, 0.1) is 28.3 Å². The Morgan fingerprint density at radius 2 is 2.00 bits per heavy atom. The van der Waals surface area contributed by atoms with Crippen molar-refractivity contribution in [1.82, 2.24) is 14.5 Å². The molecule has 0 saturated carbocycles. The molecule has 0 aliphatic carbocycles. The van der Waals surface area contributed by atoms with Crippen molar-refractivity contribution in [2.24, 2.45) is 7.05 Å². The average Bonchev–Trinajstić information content (AvgIpc) is 2.81. The molecule has 0 atom stereocenters. The van der Waals surface area contributed by atoms with Gasteiger partial charge in [0.2, 0.25) is 0 Å². The quantitative estimate of drug-likeness (QED) is 0.288. The fraction of sp³-hybridized carbons (Fsp3) is 0.0435.